The number of carbonyl (C=O) groups is 1. The van der Waals surface area contributed by atoms with Crippen molar-refractivity contribution in [1.82, 2.24) is 0 Å². The number of hydrogen-bond acceptors (Lipinski definition) is 2. The summed E-state index contributed by atoms with van der Waals surface area (Å²) in [6, 6.07) is 14.6. The second kappa shape index (κ2) is 4.70. The van der Waals surface area contributed by atoms with Crippen LogP contribution < -0.4 is 10.5 Å². The summed E-state index contributed by atoms with van der Waals surface area (Å²) < 4.78 is 5.64. The molecule has 17 heavy (non-hydrogen) atoms. The van der Waals surface area contributed by atoms with E-state index in [2.05, 4.69) is 0 Å². The van der Waals surface area contributed by atoms with E-state index in [-0.39, 0.29) is 0 Å². The van der Waals surface area contributed by atoms with Crippen LogP contribution in [-0.4, -0.2) is 5.91 Å². The van der Waals surface area contributed by atoms with Gasteiger partial charge in [0.2, 0.25) is 5.91 Å². The fourth-order valence-corrected chi connectivity index (χ4v) is 1.57. The summed E-state index contributed by atoms with van der Waals surface area (Å²) in [5.41, 5.74) is 6.64. The molecule has 0 saturated heterocycles. The number of rotatable bonds is 3. The van der Waals surface area contributed by atoms with Crippen molar-refractivity contribution >= 4 is 5.91 Å². The van der Waals surface area contributed by atoms with Crippen LogP contribution in [0.25, 0.3) is 0 Å². The molecule has 0 spiro atoms. The monoisotopic (exact) mass is 227 g/mol. The van der Waals surface area contributed by atoms with Gasteiger partial charge in [0.15, 0.2) is 0 Å². The first kappa shape index (κ1) is 11.2. The van der Waals surface area contributed by atoms with Crippen LogP contribution in [0.4, 0.5) is 0 Å². The molecule has 86 valence electrons. The number of aryl methyl sites for hydroxylation is 1. The van der Waals surface area contributed by atoms with E-state index < -0.39 is 5.91 Å². The largest absolute Gasteiger partial charge is 0.457 e. The van der Waals surface area contributed by atoms with Gasteiger partial charge in [0, 0.05) is 5.56 Å². The molecule has 0 atom stereocenters. The molecule has 0 radical (unpaired) electrons. The Morgan fingerprint density at radius 3 is 2.41 bits per heavy atom. The van der Waals surface area contributed by atoms with Crippen molar-refractivity contribution in [1.29, 1.82) is 0 Å². The number of nitrogens with two attached hydrogens (primary N) is 1. The number of benzene rings is 2. The maximum atomic E-state index is 11.1. The van der Waals surface area contributed by atoms with Gasteiger partial charge < -0.3 is 10.5 Å². The quantitative estimate of drug-likeness (QED) is 0.876. The predicted molar refractivity (Wildman–Crippen MR) is 66.2 cm³/mol. The SMILES string of the molecule is Cc1cc(Oc2ccccc2)cc(C(N)=O)c1. The summed E-state index contributed by atoms with van der Waals surface area (Å²) >= 11 is 0. The van der Waals surface area contributed by atoms with E-state index >= 15 is 0 Å². The number of amides is 1. The van der Waals surface area contributed by atoms with E-state index in [9.17, 15) is 4.79 Å². The highest BCUT2D eigenvalue weighted by Crippen LogP contribution is 2.23. The lowest BCUT2D eigenvalue weighted by Gasteiger charge is -2.07. The second-order valence-electron chi connectivity index (χ2n) is 3.81. The molecule has 1 amide bonds. The Hall–Kier alpha value is -2.29. The lowest BCUT2D eigenvalue weighted by atomic mass is 10.1. The van der Waals surface area contributed by atoms with Gasteiger partial charge in [0.05, 0.1) is 0 Å². The Morgan fingerprint density at radius 1 is 1.06 bits per heavy atom. The van der Waals surface area contributed by atoms with Gasteiger partial charge in [-0.15, -0.1) is 0 Å². The van der Waals surface area contributed by atoms with Crippen molar-refractivity contribution < 1.29 is 9.53 Å². The number of ether oxygens (including phenoxy) is 1. The molecule has 0 heterocycles. The molecule has 0 saturated carbocycles. The molecular formula is C14H13NO2. The first-order chi connectivity index (χ1) is 8.15. The second-order valence-corrected chi connectivity index (χ2v) is 3.81. The minimum absolute atomic E-state index is 0.452. The zero-order valence-corrected chi connectivity index (χ0v) is 9.51. The van der Waals surface area contributed by atoms with Crippen LogP contribution in [0.15, 0.2) is 48.5 Å². The molecule has 0 aliphatic heterocycles. The average Bonchev–Trinajstić information content (AvgIpc) is 2.29. The molecule has 2 N–H and O–H groups in total. The molecular weight excluding hydrogens is 214 g/mol. The topological polar surface area (TPSA) is 52.3 Å². The van der Waals surface area contributed by atoms with Crippen LogP contribution in [0.1, 0.15) is 15.9 Å². The van der Waals surface area contributed by atoms with Gasteiger partial charge in [-0.25, -0.2) is 0 Å². The fourth-order valence-electron chi connectivity index (χ4n) is 1.57. The highest BCUT2D eigenvalue weighted by atomic mass is 16.5. The summed E-state index contributed by atoms with van der Waals surface area (Å²) in [6.45, 7) is 1.89. The van der Waals surface area contributed by atoms with Gasteiger partial charge in [-0.1, -0.05) is 18.2 Å². The van der Waals surface area contributed by atoms with Crippen LogP contribution in [0, 0.1) is 6.92 Å². The van der Waals surface area contributed by atoms with Crippen LogP contribution in [0.2, 0.25) is 0 Å². The van der Waals surface area contributed by atoms with Gasteiger partial charge >= 0.3 is 0 Å². The molecule has 3 heteroatoms. The third-order valence-corrected chi connectivity index (χ3v) is 2.31. The van der Waals surface area contributed by atoms with Gasteiger partial charge in [-0.3, -0.25) is 4.79 Å². The summed E-state index contributed by atoms with van der Waals surface area (Å²) in [7, 11) is 0. The fraction of sp³-hybridized carbons (Fsp3) is 0.0714. The van der Waals surface area contributed by atoms with Crippen molar-refractivity contribution in [3.05, 3.63) is 59.7 Å². The highest BCUT2D eigenvalue weighted by molar-refractivity contribution is 5.93. The van der Waals surface area contributed by atoms with Crippen molar-refractivity contribution in [2.75, 3.05) is 0 Å². The summed E-state index contributed by atoms with van der Waals surface area (Å²) in [4.78, 5) is 11.1. The number of para-hydroxylation sites is 1. The van der Waals surface area contributed by atoms with Crippen molar-refractivity contribution in [3.63, 3.8) is 0 Å². The molecule has 0 aromatic heterocycles. The van der Waals surface area contributed by atoms with Gasteiger partial charge in [0.25, 0.3) is 0 Å². The van der Waals surface area contributed by atoms with E-state index in [1.165, 1.54) is 0 Å². The van der Waals surface area contributed by atoms with Gasteiger partial charge in [-0.05, 0) is 42.8 Å². The normalized spacial score (nSPS) is 9.94. The standard InChI is InChI=1S/C14H13NO2/c1-10-7-11(14(15)16)9-13(8-10)17-12-5-3-2-4-6-12/h2-9H,1H3,(H2,15,16). The van der Waals surface area contributed by atoms with E-state index in [4.69, 9.17) is 10.5 Å². The molecule has 0 aliphatic carbocycles. The van der Waals surface area contributed by atoms with E-state index in [0.29, 0.717) is 11.3 Å². The highest BCUT2D eigenvalue weighted by Gasteiger charge is 2.05. The maximum Gasteiger partial charge on any atom is 0.248 e. The van der Waals surface area contributed by atoms with E-state index in [1.54, 1.807) is 12.1 Å². The Morgan fingerprint density at radius 2 is 1.76 bits per heavy atom. The molecule has 0 fully saturated rings. The van der Waals surface area contributed by atoms with E-state index in [0.717, 1.165) is 11.3 Å². The van der Waals surface area contributed by atoms with Crippen molar-refractivity contribution in [2.24, 2.45) is 5.73 Å². The molecule has 2 rings (SSSR count). The molecule has 2 aromatic rings. The molecule has 0 unspecified atom stereocenters. The number of primary amides is 1. The summed E-state index contributed by atoms with van der Waals surface area (Å²) in [5, 5.41) is 0. The van der Waals surface area contributed by atoms with Gasteiger partial charge in [-0.2, -0.15) is 0 Å². The zero-order valence-electron chi connectivity index (χ0n) is 9.51. The third kappa shape index (κ3) is 2.84. The smallest absolute Gasteiger partial charge is 0.248 e. The van der Waals surface area contributed by atoms with Crippen molar-refractivity contribution in [3.8, 4) is 11.5 Å². The first-order valence-corrected chi connectivity index (χ1v) is 5.29. The maximum absolute atomic E-state index is 11.1. The van der Waals surface area contributed by atoms with Crippen LogP contribution >= 0.6 is 0 Å². The third-order valence-electron chi connectivity index (χ3n) is 2.31. The van der Waals surface area contributed by atoms with Crippen LogP contribution in [-0.2, 0) is 0 Å². The van der Waals surface area contributed by atoms with Crippen LogP contribution in [0.3, 0.4) is 0 Å². The molecule has 0 bridgehead atoms. The molecule has 0 aliphatic rings. The van der Waals surface area contributed by atoms with E-state index in [1.807, 2.05) is 43.3 Å². The van der Waals surface area contributed by atoms with Crippen LogP contribution in [0.5, 0.6) is 11.5 Å². The first-order valence-electron chi connectivity index (χ1n) is 5.29. The minimum Gasteiger partial charge on any atom is -0.457 e. The summed E-state index contributed by atoms with van der Waals surface area (Å²) in [5.74, 6) is 0.894. The Balaban J connectivity index is 2.30. The lowest BCUT2D eigenvalue weighted by molar-refractivity contribution is 0.1000. The number of hydrogen-bond donors (Lipinski definition) is 1. The Bertz CT molecular complexity index is 535. The molecule has 2 aromatic carbocycles. The predicted octanol–water partition coefficient (Wildman–Crippen LogP) is 2.89. The zero-order chi connectivity index (χ0) is 12.3. The van der Waals surface area contributed by atoms with Crippen molar-refractivity contribution in [2.45, 2.75) is 6.92 Å². The van der Waals surface area contributed by atoms with Gasteiger partial charge in [0.1, 0.15) is 11.5 Å². The lowest BCUT2D eigenvalue weighted by Crippen LogP contribution is -2.11. The minimum atomic E-state index is -0.452. The molecule has 3 nitrogen and oxygen atoms in total. The summed E-state index contributed by atoms with van der Waals surface area (Å²) in [6.07, 6.45) is 0. The average molecular weight is 227 g/mol. The number of carbonyl (C=O) groups excluding carboxylic acids is 1. The Labute approximate surface area is 99.8 Å². The Kier molecular flexibility index (Phi) is 3.10.